The van der Waals surface area contributed by atoms with Gasteiger partial charge >= 0.3 is 18.3 Å². The molecule has 2 aromatic heterocycles. The van der Waals surface area contributed by atoms with Crippen molar-refractivity contribution in [3.63, 3.8) is 0 Å². The molecule has 4 bridgehead atoms. The van der Waals surface area contributed by atoms with Gasteiger partial charge in [0.15, 0.2) is 16.6 Å². The summed E-state index contributed by atoms with van der Waals surface area (Å²) in [5.74, 6) is -0.653. The average molecular weight is 632 g/mol. The lowest BCUT2D eigenvalue weighted by molar-refractivity contribution is -0.274. The zero-order chi connectivity index (χ0) is 30.4. The second-order valence-electron chi connectivity index (χ2n) is 13.3. The van der Waals surface area contributed by atoms with Crippen LogP contribution < -0.4 is 9.64 Å². The Bertz CT molecular complexity index is 1610. The number of hydrogen-bond acceptors (Lipinski definition) is 9. The fourth-order valence-electron chi connectivity index (χ4n) is 8.26. The van der Waals surface area contributed by atoms with Gasteiger partial charge in [0, 0.05) is 36.3 Å². The van der Waals surface area contributed by atoms with Crippen LogP contribution in [0.3, 0.4) is 0 Å². The number of hydrogen-bond donors (Lipinski definition) is 1. The van der Waals surface area contributed by atoms with Gasteiger partial charge in [-0.05, 0) is 82.3 Å². The minimum atomic E-state index is -4.99. The van der Waals surface area contributed by atoms with Gasteiger partial charge in [0.2, 0.25) is 0 Å². The molecular weight excluding hydrogens is 599 g/mol. The van der Waals surface area contributed by atoms with Gasteiger partial charge in [0.25, 0.3) is 0 Å². The van der Waals surface area contributed by atoms with Gasteiger partial charge in [0.05, 0.1) is 10.3 Å². The van der Waals surface area contributed by atoms with E-state index in [-0.39, 0.29) is 46.6 Å². The van der Waals surface area contributed by atoms with Crippen molar-refractivity contribution in [1.29, 1.82) is 0 Å². The summed E-state index contributed by atoms with van der Waals surface area (Å²) in [5, 5.41) is 14.5. The molecule has 6 aliphatic rings. The summed E-state index contributed by atoms with van der Waals surface area (Å²) in [7, 11) is 0. The first-order valence-electron chi connectivity index (χ1n) is 15.5. The van der Waals surface area contributed by atoms with Crippen molar-refractivity contribution in [2.45, 2.75) is 113 Å². The Hall–Kier alpha value is -3.35. The van der Waals surface area contributed by atoms with Gasteiger partial charge < -0.3 is 24.0 Å². The monoisotopic (exact) mass is 631 g/mol. The second-order valence-corrected chi connectivity index (χ2v) is 14.3. The van der Waals surface area contributed by atoms with Gasteiger partial charge in [0.1, 0.15) is 22.9 Å². The number of thiazole rings is 1. The molecule has 13 heteroatoms. The Balaban J connectivity index is 1.04. The van der Waals surface area contributed by atoms with Crippen LogP contribution in [0.1, 0.15) is 115 Å². The molecule has 1 N–H and O–H groups in total. The minimum absolute atomic E-state index is 0.0184. The molecule has 2 saturated heterocycles. The number of halogens is 3. The molecule has 234 valence electrons. The maximum Gasteiger partial charge on any atom is 0.573 e. The predicted molar refractivity (Wildman–Crippen MR) is 152 cm³/mol. The van der Waals surface area contributed by atoms with Crippen LogP contribution in [0.4, 0.5) is 18.3 Å². The number of nitrogens with zero attached hydrogens (tertiary/aromatic N) is 3. The number of benzene rings is 1. The first-order chi connectivity index (χ1) is 21.1. The molecule has 6 fully saturated rings. The third kappa shape index (κ3) is 4.82. The van der Waals surface area contributed by atoms with Crippen molar-refractivity contribution in [2.24, 2.45) is 5.92 Å². The van der Waals surface area contributed by atoms with Crippen LogP contribution in [0, 0.1) is 5.92 Å². The summed E-state index contributed by atoms with van der Waals surface area (Å²) in [6.45, 7) is 0. The molecule has 3 atom stereocenters. The number of carboxylic acids is 1. The Morgan fingerprint density at radius 2 is 1.70 bits per heavy atom. The summed E-state index contributed by atoms with van der Waals surface area (Å²) in [5.41, 5.74) is 0.920. The number of anilines is 1. The third-order valence-corrected chi connectivity index (χ3v) is 11.6. The van der Waals surface area contributed by atoms with Crippen molar-refractivity contribution < 1.29 is 41.9 Å². The maximum absolute atomic E-state index is 13.9. The van der Waals surface area contributed by atoms with E-state index in [0.29, 0.717) is 34.0 Å². The topological polar surface area (TPSA) is 115 Å². The summed E-state index contributed by atoms with van der Waals surface area (Å²) >= 11 is 1.15. The molecule has 9 nitrogen and oxygen atoms in total. The van der Waals surface area contributed by atoms with E-state index in [9.17, 15) is 27.9 Å². The highest BCUT2D eigenvalue weighted by Crippen LogP contribution is 2.54. The van der Waals surface area contributed by atoms with E-state index >= 15 is 0 Å². The largest absolute Gasteiger partial charge is 0.573 e. The van der Waals surface area contributed by atoms with E-state index in [1.54, 1.807) is 0 Å². The summed E-state index contributed by atoms with van der Waals surface area (Å²) in [4.78, 5) is 32.1. The molecule has 1 aromatic carbocycles. The van der Waals surface area contributed by atoms with E-state index in [4.69, 9.17) is 9.26 Å². The van der Waals surface area contributed by atoms with Crippen LogP contribution in [0.5, 0.6) is 5.75 Å². The van der Waals surface area contributed by atoms with Gasteiger partial charge in [-0.1, -0.05) is 16.5 Å². The van der Waals surface area contributed by atoms with E-state index in [0.717, 1.165) is 93.2 Å². The zero-order valence-electron chi connectivity index (χ0n) is 23.9. The highest BCUT2D eigenvalue weighted by molar-refractivity contribution is 7.22. The van der Waals surface area contributed by atoms with Crippen LogP contribution in [0.15, 0.2) is 16.7 Å². The number of aromatic carboxylic acids is 1. The van der Waals surface area contributed by atoms with Gasteiger partial charge in [-0.25, -0.2) is 14.6 Å². The number of esters is 1. The molecular formula is C31H32F3N3O6S. The third-order valence-electron chi connectivity index (χ3n) is 10.6. The molecule has 0 amide bonds. The SMILES string of the molecule is O=C(O)c1cc(OC(F)(F)F)c2nc(N3[C@@H]4CC[C@H]3C[C@@H](OC(=O)c3c(C56CCC(CC5)CC6)noc3C3CC3)C4)sc2c1. The van der Waals surface area contributed by atoms with Crippen molar-refractivity contribution >= 4 is 38.6 Å². The molecule has 0 unspecified atom stereocenters. The first-order valence-corrected chi connectivity index (χ1v) is 16.3. The number of carbonyl (C=O) groups excluding carboxylic acids is 1. The minimum Gasteiger partial charge on any atom is -0.478 e. The molecule has 0 spiro atoms. The first kappa shape index (κ1) is 28.1. The van der Waals surface area contributed by atoms with E-state index in [1.807, 2.05) is 0 Å². The number of fused-ring (bicyclic) bond motifs is 6. The van der Waals surface area contributed by atoms with Gasteiger partial charge in [-0.3, -0.25) is 0 Å². The smallest absolute Gasteiger partial charge is 0.478 e. The number of ether oxygens (including phenoxy) is 2. The molecule has 44 heavy (non-hydrogen) atoms. The van der Waals surface area contributed by atoms with E-state index < -0.39 is 18.1 Å². The van der Waals surface area contributed by atoms with E-state index in [1.165, 1.54) is 6.07 Å². The Kier molecular flexibility index (Phi) is 6.45. The quantitative estimate of drug-likeness (QED) is 0.268. The van der Waals surface area contributed by atoms with Crippen LogP contribution in [-0.2, 0) is 10.2 Å². The number of alkyl halides is 3. The van der Waals surface area contributed by atoms with Crippen LogP contribution in [-0.4, -0.2) is 51.7 Å². The fourth-order valence-corrected chi connectivity index (χ4v) is 9.43. The molecule has 3 aromatic rings. The fraction of sp³-hybridized carbons (Fsp3) is 0.613. The Morgan fingerprint density at radius 1 is 1.02 bits per heavy atom. The molecule has 0 radical (unpaired) electrons. The normalized spacial score (nSPS) is 29.8. The summed E-state index contributed by atoms with van der Waals surface area (Å²) in [6.07, 6.45) is 6.03. The molecule has 4 aliphatic carbocycles. The molecule has 4 heterocycles. The zero-order valence-corrected chi connectivity index (χ0v) is 24.7. The number of carboxylic acid groups (broad SMARTS) is 1. The Labute approximate surface area is 254 Å². The number of rotatable bonds is 7. The van der Waals surface area contributed by atoms with Crippen LogP contribution in [0.25, 0.3) is 10.2 Å². The molecule has 9 rings (SSSR count). The molecule has 2 aliphatic heterocycles. The van der Waals surface area contributed by atoms with Crippen molar-refractivity contribution in [1.82, 2.24) is 10.1 Å². The van der Waals surface area contributed by atoms with Crippen molar-refractivity contribution in [3.8, 4) is 5.75 Å². The number of piperidine rings is 1. The average Bonchev–Trinajstić information content (AvgIpc) is 3.46. The lowest BCUT2D eigenvalue weighted by Gasteiger charge is -2.45. The second kappa shape index (κ2) is 10.1. The molecule has 4 saturated carbocycles. The lowest BCUT2D eigenvalue weighted by Crippen LogP contribution is -2.46. The highest BCUT2D eigenvalue weighted by atomic mass is 32.1. The van der Waals surface area contributed by atoms with Gasteiger partial charge in [-0.15, -0.1) is 13.2 Å². The van der Waals surface area contributed by atoms with Crippen LogP contribution >= 0.6 is 11.3 Å². The number of carbonyl (C=O) groups is 2. The van der Waals surface area contributed by atoms with Crippen molar-refractivity contribution in [3.05, 3.63) is 34.7 Å². The van der Waals surface area contributed by atoms with E-state index in [2.05, 4.69) is 19.8 Å². The summed E-state index contributed by atoms with van der Waals surface area (Å²) in [6, 6.07) is 2.14. The standard InChI is InChI=1S/C31H32F3N3O6S/c32-31(33,34)42-21-11-17(27(38)39)12-22-24(21)35-29(44-22)37-18-3-4-19(37)14-20(13-18)41-28(40)23-25(16-1-2-16)43-36-26(23)30-8-5-15(6-9-30)7-10-30/h11-12,15-16,18-20H,1-10,13-14H2,(H,38,39)/t15?,18-,19+,20+,30?. The summed E-state index contributed by atoms with van der Waals surface area (Å²) < 4.78 is 56.0. The lowest BCUT2D eigenvalue weighted by atomic mass is 9.59. The van der Waals surface area contributed by atoms with Gasteiger partial charge in [-0.2, -0.15) is 0 Å². The highest BCUT2D eigenvalue weighted by Gasteiger charge is 2.49. The maximum atomic E-state index is 13.9. The Morgan fingerprint density at radius 3 is 2.32 bits per heavy atom. The van der Waals surface area contributed by atoms with Crippen molar-refractivity contribution in [2.75, 3.05) is 4.90 Å². The van der Waals surface area contributed by atoms with Crippen LogP contribution in [0.2, 0.25) is 0 Å². The number of aromatic nitrogens is 2. The predicted octanol–water partition coefficient (Wildman–Crippen LogP) is 7.34.